The van der Waals surface area contributed by atoms with Crippen LogP contribution in [0.1, 0.15) is 0 Å². The first-order valence-electron chi connectivity index (χ1n) is 7.97. The molecule has 0 N–H and O–H groups in total. The number of methoxy groups -OCH3 is 2. The van der Waals surface area contributed by atoms with Crippen molar-refractivity contribution >= 4 is 21.6 Å². The van der Waals surface area contributed by atoms with E-state index in [1.54, 1.807) is 25.6 Å². The molecule has 2 aromatic carbocycles. The minimum absolute atomic E-state index is 0.506. The van der Waals surface area contributed by atoms with Crippen molar-refractivity contribution < 1.29 is 14.2 Å². The van der Waals surface area contributed by atoms with Crippen molar-refractivity contribution in [3.63, 3.8) is 0 Å². The lowest BCUT2D eigenvalue weighted by molar-refractivity contribution is 0.375. The van der Waals surface area contributed by atoms with Crippen LogP contribution in [-0.2, 0) is 0 Å². The van der Waals surface area contributed by atoms with Crippen LogP contribution in [0, 0.1) is 0 Å². The highest BCUT2D eigenvalue weighted by Crippen LogP contribution is 2.40. The summed E-state index contributed by atoms with van der Waals surface area (Å²) in [5.74, 6) is 2.59. The highest BCUT2D eigenvalue weighted by molar-refractivity contribution is 7.17. The van der Waals surface area contributed by atoms with Crippen LogP contribution in [0.2, 0.25) is 0 Å². The number of ether oxygens (including phenoxy) is 3. The molecule has 0 saturated heterocycles. The number of nitrogens with zero attached hydrogens (tertiary/aromatic N) is 2. The molecule has 0 atom stereocenters. The van der Waals surface area contributed by atoms with Crippen molar-refractivity contribution in [2.45, 2.75) is 0 Å². The molecular weight excluding hydrogens is 348 g/mol. The Balaban J connectivity index is 1.81. The number of fused-ring (bicyclic) bond motifs is 1. The van der Waals surface area contributed by atoms with Gasteiger partial charge in [0, 0.05) is 10.9 Å². The minimum Gasteiger partial charge on any atom is -0.497 e. The zero-order valence-corrected chi connectivity index (χ0v) is 15.1. The molecule has 26 heavy (non-hydrogen) atoms. The number of aromatic nitrogens is 2. The van der Waals surface area contributed by atoms with Gasteiger partial charge in [-0.1, -0.05) is 24.3 Å². The third-order valence-electron chi connectivity index (χ3n) is 4.01. The molecule has 0 amide bonds. The Labute approximate surface area is 154 Å². The fraction of sp³-hybridized carbons (Fsp3) is 0.100. The maximum absolute atomic E-state index is 6.08. The van der Waals surface area contributed by atoms with Crippen LogP contribution in [0.5, 0.6) is 23.1 Å². The van der Waals surface area contributed by atoms with Gasteiger partial charge in [-0.3, -0.25) is 0 Å². The lowest BCUT2D eigenvalue weighted by Gasteiger charge is -2.10. The van der Waals surface area contributed by atoms with Crippen LogP contribution in [0.15, 0.2) is 60.2 Å². The Hall–Kier alpha value is -3.12. The zero-order valence-electron chi connectivity index (χ0n) is 14.3. The second-order valence-electron chi connectivity index (χ2n) is 5.49. The molecule has 4 aromatic rings. The summed E-state index contributed by atoms with van der Waals surface area (Å²) in [6.45, 7) is 0. The molecule has 0 spiro atoms. The van der Waals surface area contributed by atoms with E-state index in [9.17, 15) is 0 Å². The first-order valence-corrected chi connectivity index (χ1v) is 8.85. The SMILES string of the molecule is COc1ccc(-c2csc3ncnc(Oc4ccccc4OC)c23)cc1. The molecule has 2 heterocycles. The van der Waals surface area contributed by atoms with Gasteiger partial charge in [0.15, 0.2) is 11.5 Å². The third-order valence-corrected chi connectivity index (χ3v) is 4.90. The molecule has 0 bridgehead atoms. The molecule has 0 fully saturated rings. The van der Waals surface area contributed by atoms with E-state index < -0.39 is 0 Å². The summed E-state index contributed by atoms with van der Waals surface area (Å²) in [4.78, 5) is 9.61. The lowest BCUT2D eigenvalue weighted by atomic mass is 10.1. The first-order chi connectivity index (χ1) is 12.8. The standard InChI is InChI=1S/C20H16N2O3S/c1-23-14-9-7-13(8-10-14)15-11-26-20-18(15)19(21-12-22-20)25-17-6-4-3-5-16(17)24-2/h3-12H,1-2H3. The van der Waals surface area contributed by atoms with Gasteiger partial charge < -0.3 is 14.2 Å². The number of hydrogen-bond acceptors (Lipinski definition) is 6. The molecule has 130 valence electrons. The number of thiophene rings is 1. The molecule has 0 aliphatic heterocycles. The molecular formula is C20H16N2O3S. The van der Waals surface area contributed by atoms with Crippen molar-refractivity contribution in [3.05, 3.63) is 60.2 Å². The summed E-state index contributed by atoms with van der Waals surface area (Å²) in [5, 5.41) is 2.95. The second-order valence-corrected chi connectivity index (χ2v) is 6.35. The summed E-state index contributed by atoms with van der Waals surface area (Å²) in [5.41, 5.74) is 2.08. The smallest absolute Gasteiger partial charge is 0.231 e. The largest absolute Gasteiger partial charge is 0.497 e. The fourth-order valence-electron chi connectivity index (χ4n) is 2.72. The van der Waals surface area contributed by atoms with E-state index in [0.29, 0.717) is 17.4 Å². The summed E-state index contributed by atoms with van der Waals surface area (Å²) >= 11 is 1.56. The van der Waals surface area contributed by atoms with Crippen molar-refractivity contribution in [3.8, 4) is 34.3 Å². The van der Waals surface area contributed by atoms with Crippen LogP contribution >= 0.6 is 11.3 Å². The summed E-state index contributed by atoms with van der Waals surface area (Å²) in [6, 6.07) is 15.4. The molecule has 5 nitrogen and oxygen atoms in total. The van der Waals surface area contributed by atoms with E-state index in [4.69, 9.17) is 14.2 Å². The number of benzene rings is 2. The van der Waals surface area contributed by atoms with Gasteiger partial charge in [-0.2, -0.15) is 0 Å². The topological polar surface area (TPSA) is 53.5 Å². The zero-order chi connectivity index (χ0) is 17.9. The molecule has 0 saturated carbocycles. The Kier molecular flexibility index (Phi) is 4.41. The van der Waals surface area contributed by atoms with Crippen molar-refractivity contribution in [2.75, 3.05) is 14.2 Å². The third kappa shape index (κ3) is 2.95. The number of para-hydroxylation sites is 2. The van der Waals surface area contributed by atoms with Crippen LogP contribution < -0.4 is 14.2 Å². The average Bonchev–Trinajstić information content (AvgIpc) is 3.14. The van der Waals surface area contributed by atoms with Crippen molar-refractivity contribution in [1.29, 1.82) is 0 Å². The fourth-order valence-corrected chi connectivity index (χ4v) is 3.62. The lowest BCUT2D eigenvalue weighted by Crippen LogP contribution is -1.93. The second kappa shape index (κ2) is 7.01. The summed E-state index contributed by atoms with van der Waals surface area (Å²) in [7, 11) is 3.27. The van der Waals surface area contributed by atoms with E-state index in [1.165, 1.54) is 6.33 Å². The summed E-state index contributed by atoms with van der Waals surface area (Å²) in [6.07, 6.45) is 1.52. The molecule has 4 rings (SSSR count). The van der Waals surface area contributed by atoms with Crippen LogP contribution in [0.4, 0.5) is 0 Å². The van der Waals surface area contributed by atoms with Crippen LogP contribution in [0.3, 0.4) is 0 Å². The normalized spacial score (nSPS) is 10.7. The van der Waals surface area contributed by atoms with E-state index >= 15 is 0 Å². The van der Waals surface area contributed by atoms with Gasteiger partial charge in [-0.25, -0.2) is 9.97 Å². The summed E-state index contributed by atoms with van der Waals surface area (Å²) < 4.78 is 16.7. The Morgan fingerprint density at radius 1 is 0.846 bits per heavy atom. The highest BCUT2D eigenvalue weighted by Gasteiger charge is 2.16. The average molecular weight is 364 g/mol. The maximum Gasteiger partial charge on any atom is 0.231 e. The van der Waals surface area contributed by atoms with Crippen LogP contribution in [-0.4, -0.2) is 24.2 Å². The number of hydrogen-bond donors (Lipinski definition) is 0. The van der Waals surface area contributed by atoms with Gasteiger partial charge in [-0.05, 0) is 29.8 Å². The van der Waals surface area contributed by atoms with Gasteiger partial charge in [0.1, 0.15) is 16.9 Å². The van der Waals surface area contributed by atoms with Gasteiger partial charge in [0.05, 0.1) is 19.6 Å². The van der Waals surface area contributed by atoms with Gasteiger partial charge >= 0.3 is 0 Å². The van der Waals surface area contributed by atoms with Crippen LogP contribution in [0.25, 0.3) is 21.3 Å². The van der Waals surface area contributed by atoms with Crippen molar-refractivity contribution in [2.24, 2.45) is 0 Å². The van der Waals surface area contributed by atoms with Gasteiger partial charge in [-0.15, -0.1) is 11.3 Å². The van der Waals surface area contributed by atoms with E-state index in [0.717, 1.165) is 27.1 Å². The predicted molar refractivity (Wildman–Crippen MR) is 102 cm³/mol. The Morgan fingerprint density at radius 2 is 1.62 bits per heavy atom. The first kappa shape index (κ1) is 16.4. The quantitative estimate of drug-likeness (QED) is 0.489. The van der Waals surface area contributed by atoms with Gasteiger partial charge in [0.25, 0.3) is 0 Å². The molecule has 2 aromatic heterocycles. The van der Waals surface area contributed by atoms with E-state index in [1.807, 2.05) is 48.5 Å². The van der Waals surface area contributed by atoms with E-state index in [-0.39, 0.29) is 0 Å². The number of rotatable bonds is 5. The van der Waals surface area contributed by atoms with Gasteiger partial charge in [0.2, 0.25) is 5.88 Å². The molecule has 0 radical (unpaired) electrons. The Morgan fingerprint density at radius 3 is 2.35 bits per heavy atom. The predicted octanol–water partition coefficient (Wildman–Crippen LogP) is 5.17. The minimum atomic E-state index is 0.506. The molecule has 0 unspecified atom stereocenters. The Bertz CT molecular complexity index is 1040. The maximum atomic E-state index is 6.08. The monoisotopic (exact) mass is 364 g/mol. The van der Waals surface area contributed by atoms with E-state index in [2.05, 4.69) is 15.3 Å². The molecule has 0 aliphatic carbocycles. The molecule has 6 heteroatoms. The molecule has 0 aliphatic rings. The van der Waals surface area contributed by atoms with Crippen molar-refractivity contribution in [1.82, 2.24) is 9.97 Å². The highest BCUT2D eigenvalue weighted by atomic mass is 32.1.